The van der Waals surface area contributed by atoms with Crippen LogP contribution in [0.15, 0.2) is 0 Å². The van der Waals surface area contributed by atoms with Crippen molar-refractivity contribution in [2.24, 2.45) is 5.41 Å². The zero-order valence-corrected chi connectivity index (χ0v) is 10.5. The summed E-state index contributed by atoms with van der Waals surface area (Å²) >= 11 is 0. The van der Waals surface area contributed by atoms with Crippen molar-refractivity contribution in [3.05, 3.63) is 0 Å². The smallest absolute Gasteiger partial charge is 0.102 e. The number of rotatable bonds is 3. The maximum Gasteiger partial charge on any atom is 0.102 e. The van der Waals surface area contributed by atoms with Gasteiger partial charge in [0.05, 0.1) is 0 Å². The van der Waals surface area contributed by atoms with Crippen molar-refractivity contribution in [1.82, 2.24) is 10.2 Å². The molecule has 0 radical (unpaired) electrons. The topological polar surface area (TPSA) is 15.3 Å². The fourth-order valence-corrected chi connectivity index (χ4v) is 2.22. The minimum absolute atomic E-state index is 0.229. The minimum atomic E-state index is -0.229. The van der Waals surface area contributed by atoms with Crippen molar-refractivity contribution in [3.63, 3.8) is 0 Å². The summed E-state index contributed by atoms with van der Waals surface area (Å²) in [4.78, 5) is 2.30. The van der Waals surface area contributed by atoms with E-state index in [-0.39, 0.29) is 12.1 Å². The van der Waals surface area contributed by atoms with Crippen LogP contribution in [0.5, 0.6) is 0 Å². The van der Waals surface area contributed by atoms with E-state index < -0.39 is 0 Å². The second-order valence-electron chi connectivity index (χ2n) is 5.57. The average Bonchev–Trinajstić information content (AvgIpc) is 2.17. The van der Waals surface area contributed by atoms with Crippen LogP contribution in [0.3, 0.4) is 0 Å². The second-order valence-corrected chi connectivity index (χ2v) is 5.57. The molecule has 15 heavy (non-hydrogen) atoms. The van der Waals surface area contributed by atoms with Gasteiger partial charge in [0.15, 0.2) is 0 Å². The van der Waals surface area contributed by atoms with Gasteiger partial charge in [0.2, 0.25) is 0 Å². The van der Waals surface area contributed by atoms with Crippen molar-refractivity contribution < 1.29 is 4.39 Å². The zero-order chi connectivity index (χ0) is 11.5. The lowest BCUT2D eigenvalue weighted by Gasteiger charge is -2.44. The van der Waals surface area contributed by atoms with Crippen LogP contribution >= 0.6 is 0 Å². The fraction of sp³-hybridized carbons (Fsp3) is 1.00. The van der Waals surface area contributed by atoms with E-state index in [9.17, 15) is 4.39 Å². The highest BCUT2D eigenvalue weighted by atomic mass is 19.1. The molecule has 0 aromatic carbocycles. The number of halogens is 1. The van der Waals surface area contributed by atoms with Gasteiger partial charge in [-0.05, 0) is 11.8 Å². The molecule has 1 aliphatic rings. The van der Waals surface area contributed by atoms with Crippen LogP contribution in [0.4, 0.5) is 4.39 Å². The van der Waals surface area contributed by atoms with E-state index in [4.69, 9.17) is 0 Å². The van der Waals surface area contributed by atoms with E-state index in [0.717, 1.165) is 19.5 Å². The third kappa shape index (κ3) is 3.42. The molecule has 0 amide bonds. The summed E-state index contributed by atoms with van der Waals surface area (Å²) in [6.07, 6.45) is 1.10. The molecule has 2 unspecified atom stereocenters. The van der Waals surface area contributed by atoms with Gasteiger partial charge in [-0.15, -0.1) is 0 Å². The first-order valence-electron chi connectivity index (χ1n) is 6.02. The predicted molar refractivity (Wildman–Crippen MR) is 62.9 cm³/mol. The standard InChI is InChI=1S/C12H25FN2/c1-5-10-8-14-11(12(2,3)4)9-15(10)7-6-13/h10-11,14H,5-9H2,1-4H3. The Morgan fingerprint density at radius 1 is 1.40 bits per heavy atom. The molecule has 1 saturated heterocycles. The molecule has 0 spiro atoms. The Labute approximate surface area is 93.2 Å². The molecule has 1 rings (SSSR count). The van der Waals surface area contributed by atoms with E-state index in [1.807, 2.05) is 0 Å². The SMILES string of the molecule is CCC1CNC(C(C)(C)C)CN1CCF. The fourth-order valence-electron chi connectivity index (χ4n) is 2.22. The Morgan fingerprint density at radius 3 is 2.53 bits per heavy atom. The molecular weight excluding hydrogens is 191 g/mol. The first-order chi connectivity index (χ1) is 6.99. The highest BCUT2D eigenvalue weighted by Gasteiger charge is 2.32. The number of piperazine rings is 1. The largest absolute Gasteiger partial charge is 0.311 e. The Hall–Kier alpha value is -0.150. The van der Waals surface area contributed by atoms with Crippen LogP contribution in [0, 0.1) is 5.41 Å². The summed E-state index contributed by atoms with van der Waals surface area (Å²) in [5, 5.41) is 3.58. The molecule has 0 bridgehead atoms. The predicted octanol–water partition coefficient (Wildman–Crippen LogP) is 2.05. The number of hydrogen-bond donors (Lipinski definition) is 1. The normalized spacial score (nSPS) is 29.4. The Morgan fingerprint density at radius 2 is 2.07 bits per heavy atom. The van der Waals surface area contributed by atoms with Gasteiger partial charge in [0.25, 0.3) is 0 Å². The summed E-state index contributed by atoms with van der Waals surface area (Å²) in [6, 6.07) is 0.992. The van der Waals surface area contributed by atoms with E-state index in [1.54, 1.807) is 0 Å². The number of nitrogens with zero attached hydrogens (tertiary/aromatic N) is 1. The molecule has 1 aliphatic heterocycles. The summed E-state index contributed by atoms with van der Waals surface area (Å²) in [5.41, 5.74) is 0.257. The summed E-state index contributed by atoms with van der Waals surface area (Å²) in [7, 11) is 0. The van der Waals surface area contributed by atoms with Crippen molar-refractivity contribution in [2.45, 2.75) is 46.2 Å². The minimum Gasteiger partial charge on any atom is -0.311 e. The van der Waals surface area contributed by atoms with Crippen LogP contribution < -0.4 is 5.32 Å². The van der Waals surface area contributed by atoms with Crippen molar-refractivity contribution in [1.29, 1.82) is 0 Å². The molecule has 0 aromatic rings. The van der Waals surface area contributed by atoms with Crippen LogP contribution in [0.2, 0.25) is 0 Å². The maximum atomic E-state index is 12.4. The maximum absolute atomic E-state index is 12.4. The Bertz CT molecular complexity index is 189. The van der Waals surface area contributed by atoms with Gasteiger partial charge in [-0.3, -0.25) is 4.90 Å². The number of nitrogens with one attached hydrogen (secondary N) is 1. The molecule has 1 heterocycles. The lowest BCUT2D eigenvalue weighted by atomic mass is 9.84. The number of alkyl halides is 1. The van der Waals surface area contributed by atoms with Gasteiger partial charge in [0.1, 0.15) is 6.67 Å². The quantitative estimate of drug-likeness (QED) is 0.777. The van der Waals surface area contributed by atoms with E-state index in [0.29, 0.717) is 18.6 Å². The van der Waals surface area contributed by atoms with Gasteiger partial charge >= 0.3 is 0 Å². The molecule has 1 N–H and O–H groups in total. The van der Waals surface area contributed by atoms with Crippen LogP contribution in [0.1, 0.15) is 34.1 Å². The van der Waals surface area contributed by atoms with E-state index in [2.05, 4.69) is 37.9 Å². The first-order valence-corrected chi connectivity index (χ1v) is 6.02. The highest BCUT2D eigenvalue weighted by Crippen LogP contribution is 2.24. The molecule has 3 heteroatoms. The molecule has 2 atom stereocenters. The van der Waals surface area contributed by atoms with Crippen molar-refractivity contribution in [2.75, 3.05) is 26.3 Å². The molecule has 0 aromatic heterocycles. The Kier molecular flexibility index (Phi) is 4.53. The molecule has 90 valence electrons. The average molecular weight is 216 g/mol. The molecule has 1 fully saturated rings. The monoisotopic (exact) mass is 216 g/mol. The summed E-state index contributed by atoms with van der Waals surface area (Å²) in [5.74, 6) is 0. The van der Waals surface area contributed by atoms with Gasteiger partial charge in [0, 0.05) is 31.7 Å². The van der Waals surface area contributed by atoms with Gasteiger partial charge < -0.3 is 5.32 Å². The summed E-state index contributed by atoms with van der Waals surface area (Å²) < 4.78 is 12.4. The van der Waals surface area contributed by atoms with Crippen LogP contribution in [-0.4, -0.2) is 43.3 Å². The van der Waals surface area contributed by atoms with Gasteiger partial charge in [-0.25, -0.2) is 4.39 Å². The molecule has 0 saturated carbocycles. The van der Waals surface area contributed by atoms with Crippen molar-refractivity contribution >= 4 is 0 Å². The third-order valence-corrected chi connectivity index (χ3v) is 3.42. The van der Waals surface area contributed by atoms with Gasteiger partial charge in [-0.2, -0.15) is 0 Å². The lowest BCUT2D eigenvalue weighted by molar-refractivity contribution is 0.0783. The molecule has 0 aliphatic carbocycles. The van der Waals surface area contributed by atoms with Gasteiger partial charge in [-0.1, -0.05) is 27.7 Å². The molecular formula is C12H25FN2. The van der Waals surface area contributed by atoms with E-state index in [1.165, 1.54) is 0 Å². The van der Waals surface area contributed by atoms with Crippen LogP contribution in [-0.2, 0) is 0 Å². The zero-order valence-electron chi connectivity index (χ0n) is 10.5. The Balaban J connectivity index is 2.57. The van der Waals surface area contributed by atoms with Crippen molar-refractivity contribution in [3.8, 4) is 0 Å². The number of hydrogen-bond acceptors (Lipinski definition) is 2. The highest BCUT2D eigenvalue weighted by molar-refractivity contribution is 4.91. The lowest BCUT2D eigenvalue weighted by Crippen LogP contribution is -2.60. The summed E-state index contributed by atoms with van der Waals surface area (Å²) in [6.45, 7) is 11.2. The first kappa shape index (κ1) is 12.9. The second kappa shape index (κ2) is 5.26. The molecule has 2 nitrogen and oxygen atoms in total. The van der Waals surface area contributed by atoms with E-state index >= 15 is 0 Å². The van der Waals surface area contributed by atoms with Crippen LogP contribution in [0.25, 0.3) is 0 Å². The third-order valence-electron chi connectivity index (χ3n) is 3.42.